The fourth-order valence-corrected chi connectivity index (χ4v) is 6.65. The van der Waals surface area contributed by atoms with Gasteiger partial charge in [-0.3, -0.25) is 4.79 Å². The third kappa shape index (κ3) is 9.79. The number of benzene rings is 2. The van der Waals surface area contributed by atoms with Crippen molar-refractivity contribution < 1.29 is 79.3 Å². The van der Waals surface area contributed by atoms with Gasteiger partial charge in [0.15, 0.2) is 18.0 Å². The molecule has 2 aromatic carbocycles. The number of carbonyl (C=O) groups is 3. The summed E-state index contributed by atoms with van der Waals surface area (Å²) in [5, 5.41) is 95.9. The first-order valence-corrected chi connectivity index (χ1v) is 18.6. The predicted octanol–water partition coefficient (Wildman–Crippen LogP) is 2.06. The van der Waals surface area contributed by atoms with Crippen molar-refractivity contribution in [2.24, 2.45) is 0 Å². The Morgan fingerprint density at radius 3 is 1.81 bits per heavy atom. The second-order valence-electron chi connectivity index (χ2n) is 14.7. The van der Waals surface area contributed by atoms with Gasteiger partial charge >= 0.3 is 11.9 Å². The first kappa shape index (κ1) is 44.1. The summed E-state index contributed by atoms with van der Waals surface area (Å²) in [5.74, 6) is -4.96. The summed E-state index contributed by atoms with van der Waals surface area (Å²) >= 11 is 0. The topological polar surface area (TPSA) is 285 Å². The molecule has 58 heavy (non-hydrogen) atoms. The molecule has 5 rings (SSSR count). The zero-order valence-corrected chi connectivity index (χ0v) is 32.3. The molecular formula is C40H50N2O16. The minimum absolute atomic E-state index is 0.0142. The number of phenolic OH excluding ortho intramolecular Hbond substituents is 1. The molecule has 0 saturated carbocycles. The number of aromatic hydroxyl groups is 1. The van der Waals surface area contributed by atoms with E-state index < -0.39 is 85.0 Å². The number of hydrogen-bond donors (Lipinski definition) is 10. The van der Waals surface area contributed by atoms with Crippen LogP contribution in [0, 0.1) is 0 Å². The molecule has 18 nitrogen and oxygen atoms in total. The van der Waals surface area contributed by atoms with Crippen LogP contribution in [0.25, 0.3) is 0 Å². The number of anilines is 3. The maximum Gasteiger partial charge on any atom is 0.335 e. The van der Waals surface area contributed by atoms with Gasteiger partial charge in [0.05, 0.1) is 16.9 Å². The number of carbonyl (C=O) groups excluding carboxylic acids is 1. The average Bonchev–Trinajstić information content (AvgIpc) is 3.27. The Morgan fingerprint density at radius 1 is 0.724 bits per heavy atom. The van der Waals surface area contributed by atoms with Crippen LogP contribution in [-0.4, -0.2) is 132 Å². The molecule has 1 amide bonds. The number of aliphatic hydroxyl groups excluding tert-OH is 6. The lowest BCUT2D eigenvalue weighted by Gasteiger charge is -2.39. The maximum atomic E-state index is 14.5. The summed E-state index contributed by atoms with van der Waals surface area (Å²) in [6, 6.07) is 6.48. The minimum Gasteiger partial charge on any atom is -0.508 e. The van der Waals surface area contributed by atoms with Gasteiger partial charge in [0.2, 0.25) is 12.6 Å². The molecule has 0 aromatic heterocycles. The van der Waals surface area contributed by atoms with Gasteiger partial charge in [-0.25, -0.2) is 9.59 Å². The van der Waals surface area contributed by atoms with Crippen LogP contribution in [0.1, 0.15) is 63.7 Å². The molecule has 3 aliphatic heterocycles. The molecule has 3 heterocycles. The smallest absolute Gasteiger partial charge is 0.335 e. The average molecular weight is 815 g/mol. The molecule has 10 N–H and O–H groups in total. The third-order valence-electron chi connectivity index (χ3n) is 9.97. The van der Waals surface area contributed by atoms with Gasteiger partial charge in [-0.2, -0.15) is 0 Å². The van der Waals surface area contributed by atoms with Crippen LogP contribution in [0.15, 0.2) is 65.3 Å². The molecule has 0 bridgehead atoms. The highest BCUT2D eigenvalue weighted by Gasteiger charge is 2.50. The van der Waals surface area contributed by atoms with Gasteiger partial charge in [0.25, 0.3) is 5.91 Å². The van der Waals surface area contributed by atoms with E-state index in [-0.39, 0.29) is 40.7 Å². The summed E-state index contributed by atoms with van der Waals surface area (Å²) in [6.45, 7) is 8.01. The Morgan fingerprint density at radius 2 is 1.26 bits per heavy atom. The Hall–Kier alpha value is -5.05. The van der Waals surface area contributed by atoms with Crippen molar-refractivity contribution in [2.45, 2.75) is 115 Å². The van der Waals surface area contributed by atoms with Crippen LogP contribution in [0.4, 0.5) is 17.1 Å². The SMILES string of the molecule is CC(C)=CCC/C(C)=C/CC/C(C)=C/CN1C(=O)c2cccc(O[C@H]3O[C@H](C(=O)O)[C@@H](O)[C@H](O)[C@H]3O)c2Nc2c(O[C@@H]3O[C@@H](C(=O)O)[C@H](O)[C@@H](O)[C@@H]3O)cc(O)cc21. The molecule has 0 spiro atoms. The van der Waals surface area contributed by atoms with Gasteiger partial charge in [-0.05, 0) is 65.5 Å². The number of para-hydroxylation sites is 1. The van der Waals surface area contributed by atoms with Gasteiger partial charge in [-0.15, -0.1) is 0 Å². The van der Waals surface area contributed by atoms with Gasteiger partial charge < -0.3 is 75.1 Å². The van der Waals surface area contributed by atoms with Crippen molar-refractivity contribution in [1.29, 1.82) is 0 Å². The second kappa shape index (κ2) is 18.7. The summed E-state index contributed by atoms with van der Waals surface area (Å²) < 4.78 is 22.4. The molecule has 3 aliphatic rings. The van der Waals surface area contributed by atoms with E-state index >= 15 is 0 Å². The number of amides is 1. The lowest BCUT2D eigenvalue weighted by atomic mass is 9.99. The third-order valence-corrected chi connectivity index (χ3v) is 9.97. The Bertz CT molecular complexity index is 1940. The van der Waals surface area contributed by atoms with E-state index in [1.807, 2.05) is 13.0 Å². The van der Waals surface area contributed by atoms with Crippen LogP contribution in [0.2, 0.25) is 0 Å². The van der Waals surface area contributed by atoms with Gasteiger partial charge in [0.1, 0.15) is 53.8 Å². The Balaban J connectivity index is 1.54. The van der Waals surface area contributed by atoms with E-state index in [1.165, 1.54) is 40.3 Å². The molecule has 0 aliphatic carbocycles. The van der Waals surface area contributed by atoms with E-state index in [0.717, 1.165) is 30.9 Å². The highest BCUT2D eigenvalue weighted by molar-refractivity contribution is 6.15. The zero-order chi connectivity index (χ0) is 42.6. The molecule has 10 atom stereocenters. The van der Waals surface area contributed by atoms with E-state index in [0.29, 0.717) is 6.42 Å². The van der Waals surface area contributed by atoms with Crippen LogP contribution in [0.3, 0.4) is 0 Å². The molecular weight excluding hydrogens is 764 g/mol. The number of carboxylic acids is 2. The van der Waals surface area contributed by atoms with Crippen molar-refractivity contribution in [3.63, 3.8) is 0 Å². The monoisotopic (exact) mass is 814 g/mol. The first-order chi connectivity index (χ1) is 27.4. The number of nitrogens with one attached hydrogen (secondary N) is 1. The largest absolute Gasteiger partial charge is 0.508 e. The molecule has 0 unspecified atom stereocenters. The number of carboxylic acid groups (broad SMARTS) is 2. The fourth-order valence-electron chi connectivity index (χ4n) is 6.65. The fraction of sp³-hybridized carbons (Fsp3) is 0.475. The van der Waals surface area contributed by atoms with Crippen molar-refractivity contribution in [3.05, 3.63) is 70.8 Å². The maximum absolute atomic E-state index is 14.5. The lowest BCUT2D eigenvalue weighted by Crippen LogP contribution is -2.61. The van der Waals surface area contributed by atoms with Crippen molar-refractivity contribution in [1.82, 2.24) is 0 Å². The zero-order valence-electron chi connectivity index (χ0n) is 32.3. The Labute approximate surface area is 333 Å². The summed E-state index contributed by atoms with van der Waals surface area (Å²) in [7, 11) is 0. The first-order valence-electron chi connectivity index (χ1n) is 18.6. The van der Waals surface area contributed by atoms with E-state index in [4.69, 9.17) is 18.9 Å². The number of nitrogens with zero attached hydrogens (tertiary/aromatic N) is 1. The van der Waals surface area contributed by atoms with Crippen molar-refractivity contribution in [2.75, 3.05) is 16.8 Å². The predicted molar refractivity (Wildman–Crippen MR) is 205 cm³/mol. The number of phenols is 1. The Kier molecular flexibility index (Phi) is 14.2. The number of fused-ring (bicyclic) bond motifs is 2. The van der Waals surface area contributed by atoms with Gasteiger partial charge in [0, 0.05) is 18.7 Å². The quantitative estimate of drug-likeness (QED) is 0.0965. The number of ether oxygens (including phenoxy) is 4. The van der Waals surface area contributed by atoms with Crippen LogP contribution in [-0.2, 0) is 19.1 Å². The molecule has 0 radical (unpaired) electrons. The van der Waals surface area contributed by atoms with Gasteiger partial charge in [-0.1, -0.05) is 41.0 Å². The van der Waals surface area contributed by atoms with E-state index in [1.54, 1.807) is 0 Å². The van der Waals surface area contributed by atoms with Crippen LogP contribution in [0.5, 0.6) is 17.2 Å². The van der Waals surface area contributed by atoms with Crippen LogP contribution < -0.4 is 19.7 Å². The highest BCUT2D eigenvalue weighted by Crippen LogP contribution is 2.48. The number of aliphatic carboxylic acids is 2. The second-order valence-corrected chi connectivity index (χ2v) is 14.7. The summed E-state index contributed by atoms with van der Waals surface area (Å²) in [4.78, 5) is 39.4. The van der Waals surface area contributed by atoms with Crippen molar-refractivity contribution in [3.8, 4) is 17.2 Å². The van der Waals surface area contributed by atoms with E-state index in [2.05, 4.69) is 38.2 Å². The number of allylic oxidation sites excluding steroid dienone is 5. The molecule has 2 aromatic rings. The summed E-state index contributed by atoms with van der Waals surface area (Å²) in [6.07, 6.45) is -10.4. The number of aliphatic hydroxyl groups is 6. The lowest BCUT2D eigenvalue weighted by molar-refractivity contribution is -0.271. The molecule has 316 valence electrons. The molecule has 2 saturated heterocycles. The van der Waals surface area contributed by atoms with E-state index in [9.17, 15) is 60.3 Å². The van der Waals surface area contributed by atoms with Crippen molar-refractivity contribution >= 4 is 34.9 Å². The van der Waals surface area contributed by atoms with Crippen LogP contribution >= 0.6 is 0 Å². The standard InChI is InChI=1S/C40H50N2O16/c1-18(2)8-5-9-19(3)10-6-11-20(4)14-15-42-23-16-21(43)17-25(56-40-33(49)29(45)31(47)35(58-40)38(53)54)27(23)41-26-22(36(42)50)12-7-13-24(26)55-39-32(48)28(44)30(46)34(57-39)37(51)52/h7-8,10,12-14,16-17,28-35,39-41,43-49H,5-6,9,11,15H2,1-4H3,(H,51,52)(H,53,54)/b19-10+,20-14+/t28-,29+,30-,31+,32+,33-,34-,35+,39-,40+/m0/s1. The highest BCUT2D eigenvalue weighted by atomic mass is 16.7. The normalized spacial score (nSPS) is 28.7. The molecule has 18 heteroatoms. The minimum atomic E-state index is -2.03. The molecule has 2 fully saturated rings. The summed E-state index contributed by atoms with van der Waals surface area (Å²) in [5.41, 5.74) is 3.21. The number of hydrogen-bond acceptors (Lipinski definition) is 15. The number of rotatable bonds is 14.